The SMILES string of the molecule is CC(C)(C)c1ccc(-c2ccc3c(ccn3Cc3ccccc3)c2)cc1.CC(C)(C)c1ccc(-c2ccc3c(ccn3Cc3ccccc3)c2)cc1. The van der Waals surface area contributed by atoms with Crippen molar-refractivity contribution in [2.45, 2.75) is 65.5 Å². The summed E-state index contributed by atoms with van der Waals surface area (Å²) in [5.74, 6) is 0. The fourth-order valence-electron chi connectivity index (χ4n) is 6.92. The van der Waals surface area contributed by atoms with Crippen molar-refractivity contribution >= 4 is 21.8 Å². The molecule has 0 aliphatic carbocycles. The molecule has 2 heterocycles. The molecule has 2 nitrogen and oxygen atoms in total. The minimum atomic E-state index is 0.192. The van der Waals surface area contributed by atoms with Crippen LogP contribution in [0.15, 0.2) is 170 Å². The summed E-state index contributed by atoms with van der Waals surface area (Å²) in [6, 6.07) is 57.1. The van der Waals surface area contributed by atoms with Crippen molar-refractivity contribution in [3.8, 4) is 22.3 Å². The molecule has 2 aromatic heterocycles. The Morgan fingerprint density at radius 2 is 0.712 bits per heavy atom. The first-order valence-electron chi connectivity index (χ1n) is 18.5. The van der Waals surface area contributed by atoms with Gasteiger partial charge in [0.15, 0.2) is 0 Å². The summed E-state index contributed by atoms with van der Waals surface area (Å²) < 4.78 is 4.63. The molecular formula is C50H50N2. The van der Waals surface area contributed by atoms with Gasteiger partial charge in [-0.05, 0) is 91.7 Å². The van der Waals surface area contributed by atoms with Crippen LogP contribution in [-0.4, -0.2) is 9.13 Å². The highest BCUT2D eigenvalue weighted by atomic mass is 15.0. The lowest BCUT2D eigenvalue weighted by molar-refractivity contribution is 0.590. The standard InChI is InChI=1S/2C25H25N/c2*1-25(2,3)23-12-9-20(10-13-23)21-11-14-24-22(17-21)15-16-26(24)18-19-7-5-4-6-8-19/h2*4-17H,18H2,1-3H3. The molecule has 0 amide bonds. The lowest BCUT2D eigenvalue weighted by atomic mass is 9.86. The number of hydrogen-bond donors (Lipinski definition) is 0. The summed E-state index contributed by atoms with van der Waals surface area (Å²) >= 11 is 0. The van der Waals surface area contributed by atoms with E-state index in [1.165, 1.54) is 66.3 Å². The van der Waals surface area contributed by atoms with Gasteiger partial charge >= 0.3 is 0 Å². The molecule has 0 atom stereocenters. The first kappa shape index (κ1) is 34.8. The average molecular weight is 679 g/mol. The summed E-state index contributed by atoms with van der Waals surface area (Å²) in [7, 11) is 0. The first-order chi connectivity index (χ1) is 25.0. The van der Waals surface area contributed by atoms with E-state index in [2.05, 4.69) is 221 Å². The summed E-state index contributed by atoms with van der Waals surface area (Å²) in [6.45, 7) is 15.3. The molecular weight excluding hydrogens is 629 g/mol. The summed E-state index contributed by atoms with van der Waals surface area (Å²) in [5, 5.41) is 2.58. The van der Waals surface area contributed by atoms with Gasteiger partial charge in [0.2, 0.25) is 0 Å². The van der Waals surface area contributed by atoms with Gasteiger partial charge in [-0.15, -0.1) is 0 Å². The topological polar surface area (TPSA) is 9.86 Å². The molecule has 6 aromatic carbocycles. The van der Waals surface area contributed by atoms with E-state index in [4.69, 9.17) is 0 Å². The first-order valence-corrected chi connectivity index (χ1v) is 18.5. The van der Waals surface area contributed by atoms with E-state index in [1.807, 2.05) is 0 Å². The van der Waals surface area contributed by atoms with Crippen molar-refractivity contribution in [2.75, 3.05) is 0 Å². The van der Waals surface area contributed by atoms with Crippen LogP contribution in [0.4, 0.5) is 0 Å². The van der Waals surface area contributed by atoms with E-state index >= 15 is 0 Å². The highest BCUT2D eigenvalue weighted by molar-refractivity contribution is 5.87. The fourth-order valence-corrected chi connectivity index (χ4v) is 6.92. The molecule has 8 rings (SSSR count). The van der Waals surface area contributed by atoms with Crippen molar-refractivity contribution in [2.24, 2.45) is 0 Å². The highest BCUT2D eigenvalue weighted by Crippen LogP contribution is 2.30. The van der Waals surface area contributed by atoms with Crippen molar-refractivity contribution in [3.63, 3.8) is 0 Å². The van der Waals surface area contributed by atoms with Gasteiger partial charge in [-0.3, -0.25) is 0 Å². The predicted molar refractivity (Wildman–Crippen MR) is 223 cm³/mol. The monoisotopic (exact) mass is 678 g/mol. The molecule has 0 N–H and O–H groups in total. The second-order valence-electron chi connectivity index (χ2n) is 16.1. The van der Waals surface area contributed by atoms with Gasteiger partial charge < -0.3 is 9.13 Å². The molecule has 260 valence electrons. The minimum Gasteiger partial charge on any atom is -0.343 e. The van der Waals surface area contributed by atoms with E-state index in [0.717, 1.165) is 13.1 Å². The zero-order chi connectivity index (χ0) is 36.3. The number of rotatable bonds is 6. The quantitative estimate of drug-likeness (QED) is 0.166. The normalized spacial score (nSPS) is 11.8. The molecule has 0 bridgehead atoms. The fraction of sp³-hybridized carbons (Fsp3) is 0.200. The number of benzene rings is 6. The molecule has 0 saturated carbocycles. The van der Waals surface area contributed by atoms with Crippen LogP contribution >= 0.6 is 0 Å². The van der Waals surface area contributed by atoms with Crippen LogP contribution in [0.2, 0.25) is 0 Å². The zero-order valence-corrected chi connectivity index (χ0v) is 31.5. The Morgan fingerprint density at radius 3 is 1.06 bits per heavy atom. The van der Waals surface area contributed by atoms with E-state index in [1.54, 1.807) is 0 Å². The molecule has 0 spiro atoms. The molecule has 0 fully saturated rings. The zero-order valence-electron chi connectivity index (χ0n) is 31.5. The Balaban J connectivity index is 0.000000162. The van der Waals surface area contributed by atoms with Crippen LogP contribution in [0.5, 0.6) is 0 Å². The molecule has 0 aliphatic heterocycles. The van der Waals surface area contributed by atoms with E-state index < -0.39 is 0 Å². The smallest absolute Gasteiger partial charge is 0.0483 e. The van der Waals surface area contributed by atoms with Gasteiger partial charge in [-0.1, -0.05) is 163 Å². The van der Waals surface area contributed by atoms with Gasteiger partial charge in [-0.2, -0.15) is 0 Å². The summed E-state index contributed by atoms with van der Waals surface area (Å²) in [4.78, 5) is 0. The van der Waals surface area contributed by atoms with Crippen molar-refractivity contribution < 1.29 is 0 Å². The number of nitrogens with zero attached hydrogens (tertiary/aromatic N) is 2. The van der Waals surface area contributed by atoms with Crippen LogP contribution in [0.1, 0.15) is 63.8 Å². The van der Waals surface area contributed by atoms with Crippen molar-refractivity contribution in [1.82, 2.24) is 9.13 Å². The van der Waals surface area contributed by atoms with Gasteiger partial charge in [0.1, 0.15) is 0 Å². The van der Waals surface area contributed by atoms with Crippen LogP contribution in [0.3, 0.4) is 0 Å². The largest absolute Gasteiger partial charge is 0.343 e. The molecule has 0 aliphatic rings. The van der Waals surface area contributed by atoms with Crippen LogP contribution in [-0.2, 0) is 23.9 Å². The van der Waals surface area contributed by atoms with Crippen molar-refractivity contribution in [1.29, 1.82) is 0 Å². The third-order valence-corrected chi connectivity index (χ3v) is 10.1. The van der Waals surface area contributed by atoms with Gasteiger partial charge in [0.25, 0.3) is 0 Å². The molecule has 0 unspecified atom stereocenters. The molecule has 2 heteroatoms. The Kier molecular flexibility index (Phi) is 9.75. The van der Waals surface area contributed by atoms with Crippen LogP contribution in [0.25, 0.3) is 44.1 Å². The van der Waals surface area contributed by atoms with Gasteiger partial charge in [0.05, 0.1) is 0 Å². The van der Waals surface area contributed by atoms with E-state index in [0.29, 0.717) is 0 Å². The molecule has 0 radical (unpaired) electrons. The lowest BCUT2D eigenvalue weighted by Crippen LogP contribution is -2.10. The maximum Gasteiger partial charge on any atom is 0.0483 e. The molecule has 52 heavy (non-hydrogen) atoms. The second kappa shape index (κ2) is 14.6. The lowest BCUT2D eigenvalue weighted by Gasteiger charge is -2.19. The van der Waals surface area contributed by atoms with E-state index in [9.17, 15) is 0 Å². The molecule has 8 aromatic rings. The van der Waals surface area contributed by atoms with Gasteiger partial charge in [-0.25, -0.2) is 0 Å². The maximum atomic E-state index is 2.32. The maximum absolute atomic E-state index is 2.32. The number of aromatic nitrogens is 2. The third-order valence-electron chi connectivity index (χ3n) is 10.1. The Labute approximate surface area is 310 Å². The van der Waals surface area contributed by atoms with Crippen LogP contribution < -0.4 is 0 Å². The Morgan fingerprint density at radius 1 is 0.365 bits per heavy atom. The number of hydrogen-bond acceptors (Lipinski definition) is 0. The predicted octanol–water partition coefficient (Wildman–Crippen LogP) is 13.3. The average Bonchev–Trinajstić information content (AvgIpc) is 3.75. The summed E-state index contributed by atoms with van der Waals surface area (Å²) in [5.41, 5.74) is 13.4. The van der Waals surface area contributed by atoms with Crippen LogP contribution in [0, 0.1) is 0 Å². The van der Waals surface area contributed by atoms with Gasteiger partial charge in [0, 0.05) is 47.3 Å². The number of fused-ring (bicyclic) bond motifs is 2. The minimum absolute atomic E-state index is 0.192. The Bertz CT molecular complexity index is 2200. The van der Waals surface area contributed by atoms with E-state index in [-0.39, 0.29) is 10.8 Å². The van der Waals surface area contributed by atoms with Crippen molar-refractivity contribution in [3.05, 3.63) is 192 Å². The highest BCUT2D eigenvalue weighted by Gasteiger charge is 2.15. The third kappa shape index (κ3) is 7.98. The Hall–Kier alpha value is -5.60. The second-order valence-corrected chi connectivity index (χ2v) is 16.1. The summed E-state index contributed by atoms with van der Waals surface area (Å²) in [6.07, 6.45) is 4.37. The molecule has 0 saturated heterocycles.